The van der Waals surface area contributed by atoms with E-state index in [9.17, 15) is 0 Å². The number of fused-ring (bicyclic) bond motifs is 2. The number of hydrogen-bond donors (Lipinski definition) is 0. The van der Waals surface area contributed by atoms with Crippen molar-refractivity contribution in [3.05, 3.63) is 144 Å². The molecule has 167 valence electrons. The molecule has 0 aromatic heterocycles. The molecule has 0 heterocycles. The van der Waals surface area contributed by atoms with E-state index in [0.717, 1.165) is 0 Å². The van der Waals surface area contributed by atoms with E-state index in [2.05, 4.69) is 147 Å². The van der Waals surface area contributed by atoms with Crippen LogP contribution in [0.15, 0.2) is 121 Å². The zero-order valence-electron chi connectivity index (χ0n) is 19.9. The van der Waals surface area contributed by atoms with Crippen LogP contribution in [0.3, 0.4) is 0 Å². The third-order valence-electron chi connectivity index (χ3n) is 9.02. The fourth-order valence-electron chi connectivity index (χ4n) is 7.67. The van der Waals surface area contributed by atoms with Crippen LogP contribution in [0, 0.1) is 0 Å². The van der Waals surface area contributed by atoms with Crippen molar-refractivity contribution in [3.63, 3.8) is 0 Å². The van der Waals surface area contributed by atoms with Crippen LogP contribution in [0.1, 0.15) is 29.5 Å². The molecule has 2 aliphatic carbocycles. The molecule has 2 aliphatic rings. The average Bonchev–Trinajstić information content (AvgIpc) is 3.52. The Hall–Kier alpha value is -2.54. The minimum atomic E-state index is -4.24. The first-order valence-electron chi connectivity index (χ1n) is 12.5. The molecule has 0 saturated carbocycles. The average molecular weight is 535 g/mol. The second-order valence-electron chi connectivity index (χ2n) is 10.3. The SMILES string of the molecule is C[SiH](C)[Zr]([c]1ccccc1)([c]1ccccc1)([CH]1C=Cc2ccccc21)[CH]1C=Cc2ccccc21. The van der Waals surface area contributed by atoms with Gasteiger partial charge in [-0.3, -0.25) is 0 Å². The zero-order valence-corrected chi connectivity index (χ0v) is 23.5. The van der Waals surface area contributed by atoms with Gasteiger partial charge in [0, 0.05) is 0 Å². The summed E-state index contributed by atoms with van der Waals surface area (Å²) in [7, 11) is 0. The van der Waals surface area contributed by atoms with Gasteiger partial charge in [0.05, 0.1) is 0 Å². The van der Waals surface area contributed by atoms with E-state index in [-0.39, 0.29) is 0 Å². The van der Waals surface area contributed by atoms with E-state index < -0.39 is 23.9 Å². The van der Waals surface area contributed by atoms with Crippen molar-refractivity contribution in [1.82, 2.24) is 0 Å². The molecule has 0 bridgehead atoms. The number of allylic oxidation sites excluding steroid dienone is 2. The van der Waals surface area contributed by atoms with Gasteiger partial charge in [-0.1, -0.05) is 0 Å². The van der Waals surface area contributed by atoms with Crippen molar-refractivity contribution in [2.75, 3.05) is 0 Å². The molecule has 4 aromatic carbocycles. The fourth-order valence-corrected chi connectivity index (χ4v) is 53.6. The van der Waals surface area contributed by atoms with E-state index >= 15 is 0 Å². The fraction of sp³-hybridized carbons (Fsp3) is 0.125. The topological polar surface area (TPSA) is 0 Å². The van der Waals surface area contributed by atoms with Crippen molar-refractivity contribution in [3.8, 4) is 0 Å². The van der Waals surface area contributed by atoms with E-state index in [0.29, 0.717) is 7.25 Å². The van der Waals surface area contributed by atoms with Crippen LogP contribution in [0.4, 0.5) is 0 Å². The summed E-state index contributed by atoms with van der Waals surface area (Å²) in [4.78, 5) is 0. The van der Waals surface area contributed by atoms with Gasteiger partial charge in [0.1, 0.15) is 0 Å². The van der Waals surface area contributed by atoms with Crippen molar-refractivity contribution >= 4 is 24.6 Å². The number of hydrogen-bond acceptors (Lipinski definition) is 0. The van der Waals surface area contributed by atoms with Crippen molar-refractivity contribution in [1.29, 1.82) is 0 Å². The molecule has 6 rings (SSSR count). The van der Waals surface area contributed by atoms with Gasteiger partial charge in [0.25, 0.3) is 0 Å². The summed E-state index contributed by atoms with van der Waals surface area (Å²) in [5.41, 5.74) is 5.90. The Bertz CT molecular complexity index is 1300. The molecule has 0 saturated heterocycles. The van der Waals surface area contributed by atoms with Crippen LogP contribution in [-0.4, -0.2) is 5.92 Å². The molecule has 2 atom stereocenters. The monoisotopic (exact) mass is 533 g/mol. The third kappa shape index (κ3) is 2.73. The second-order valence-corrected chi connectivity index (χ2v) is 41.7. The molecule has 0 N–H and O–H groups in total. The molecule has 0 radical (unpaired) electrons. The Labute approximate surface area is 205 Å². The van der Waals surface area contributed by atoms with Gasteiger partial charge >= 0.3 is 207 Å². The van der Waals surface area contributed by atoms with Gasteiger partial charge in [0.2, 0.25) is 0 Å². The number of benzene rings is 4. The second kappa shape index (κ2) is 8.29. The van der Waals surface area contributed by atoms with Crippen LogP contribution in [0.5, 0.6) is 0 Å². The molecule has 0 nitrogen and oxygen atoms in total. The Morgan fingerprint density at radius 3 is 1.29 bits per heavy atom. The third-order valence-corrected chi connectivity index (χ3v) is 55.1. The normalized spacial score (nSPS) is 19.6. The first-order chi connectivity index (χ1) is 16.7. The van der Waals surface area contributed by atoms with E-state index in [1.807, 2.05) is 0 Å². The van der Waals surface area contributed by atoms with Crippen molar-refractivity contribution in [2.24, 2.45) is 0 Å². The number of rotatable bonds is 5. The summed E-state index contributed by atoms with van der Waals surface area (Å²) in [6.07, 6.45) is 10.1. The van der Waals surface area contributed by atoms with Crippen LogP contribution in [0.2, 0.25) is 13.1 Å². The Balaban J connectivity index is 1.84. The van der Waals surface area contributed by atoms with Gasteiger partial charge in [-0.15, -0.1) is 0 Å². The quantitative estimate of drug-likeness (QED) is 0.246. The maximum atomic E-state index is 2.66. The molecule has 34 heavy (non-hydrogen) atoms. The van der Waals surface area contributed by atoms with E-state index in [1.54, 1.807) is 17.7 Å². The molecule has 2 heteroatoms. The van der Waals surface area contributed by atoms with E-state index in [1.165, 1.54) is 11.1 Å². The van der Waals surface area contributed by atoms with E-state index in [4.69, 9.17) is 0 Å². The maximum absolute atomic E-state index is 4.24. The van der Waals surface area contributed by atoms with Crippen LogP contribution in [0.25, 0.3) is 12.2 Å². The van der Waals surface area contributed by atoms with Crippen molar-refractivity contribution < 1.29 is 17.9 Å². The summed E-state index contributed by atoms with van der Waals surface area (Å²) in [5, 5.41) is 0. The summed E-state index contributed by atoms with van der Waals surface area (Å²) < 4.78 is 4.20. The summed E-state index contributed by atoms with van der Waals surface area (Å²) >= 11 is -4.24. The molecule has 0 amide bonds. The Morgan fingerprint density at radius 1 is 0.500 bits per heavy atom. The predicted octanol–water partition coefficient (Wildman–Crippen LogP) is 6.85. The molecule has 0 aliphatic heterocycles. The molecule has 0 spiro atoms. The summed E-state index contributed by atoms with van der Waals surface area (Å²) in [6.45, 7) is 5.32. The Kier molecular flexibility index (Phi) is 5.36. The van der Waals surface area contributed by atoms with Gasteiger partial charge in [-0.25, -0.2) is 0 Å². The van der Waals surface area contributed by atoms with Gasteiger partial charge in [0.15, 0.2) is 0 Å². The summed E-state index contributed by atoms with van der Waals surface area (Å²) in [6, 6.07) is 41.9. The predicted molar refractivity (Wildman–Crippen MR) is 147 cm³/mol. The van der Waals surface area contributed by atoms with Crippen LogP contribution in [-0.2, 0) is 17.9 Å². The van der Waals surface area contributed by atoms with Gasteiger partial charge in [-0.2, -0.15) is 0 Å². The molecule has 4 aromatic rings. The first-order valence-corrected chi connectivity index (χ1v) is 24.9. The summed E-state index contributed by atoms with van der Waals surface area (Å²) in [5.74, 6) is -1.33. The molecular formula is C32H31SiZr. The standard InChI is InChI=1S/2C9H7.2C6H5.C2H7Si.Zr/c2*1-2-5-9-7-3-6-8(9)4-1;2*1-2-4-6-5-3-1;1-3-2;/h2*1-7H;2*1-5H;3H,1-2H3;. The molecule has 2 unspecified atom stereocenters. The van der Waals surface area contributed by atoms with Gasteiger partial charge in [-0.05, 0) is 0 Å². The Morgan fingerprint density at radius 2 is 0.882 bits per heavy atom. The molecule has 0 fully saturated rings. The van der Waals surface area contributed by atoms with Crippen molar-refractivity contribution in [2.45, 2.75) is 20.3 Å². The minimum absolute atomic E-state index is 0.454. The van der Waals surface area contributed by atoms with Gasteiger partial charge < -0.3 is 0 Å². The van der Waals surface area contributed by atoms with Crippen LogP contribution >= 0.6 is 0 Å². The first kappa shape index (κ1) is 22.0. The van der Waals surface area contributed by atoms with Crippen LogP contribution < -0.4 is 6.54 Å². The zero-order chi connectivity index (χ0) is 23.2. The molecular weight excluding hydrogens is 504 g/mol.